The van der Waals surface area contributed by atoms with E-state index in [2.05, 4.69) is 9.97 Å². The normalized spacial score (nSPS) is 12.4. The first kappa shape index (κ1) is 23.3. The maximum absolute atomic E-state index is 14.8. The largest absolute Gasteiger partial charge is 0.486 e. The van der Waals surface area contributed by atoms with E-state index in [0.29, 0.717) is 11.1 Å². The quantitative estimate of drug-likeness (QED) is 0.429. The molecule has 0 saturated carbocycles. The summed E-state index contributed by atoms with van der Waals surface area (Å²) in [5.41, 5.74) is -0.373. The molecule has 0 spiro atoms. The van der Waals surface area contributed by atoms with Crippen molar-refractivity contribution in [3.63, 3.8) is 0 Å². The van der Waals surface area contributed by atoms with Gasteiger partial charge in [-0.05, 0) is 30.7 Å². The number of aromatic nitrogens is 4. The number of aryl methyl sites for hydroxylation is 1. The number of aliphatic hydroxyl groups excluding tert-OH is 1. The van der Waals surface area contributed by atoms with E-state index in [1.807, 2.05) is 0 Å². The Morgan fingerprint density at radius 1 is 1.15 bits per heavy atom. The number of aromatic amines is 1. The molecule has 2 aromatic heterocycles. The molecule has 8 nitrogen and oxygen atoms in total. The molecule has 0 aliphatic heterocycles. The molecule has 1 atom stereocenters. The van der Waals surface area contributed by atoms with Gasteiger partial charge in [-0.15, -0.1) is 0 Å². The van der Waals surface area contributed by atoms with Gasteiger partial charge in [0.25, 0.3) is 12.0 Å². The van der Waals surface area contributed by atoms with Crippen molar-refractivity contribution in [2.24, 2.45) is 7.05 Å². The maximum atomic E-state index is 14.8. The number of hydrogen-bond acceptors (Lipinski definition) is 5. The number of benzene rings is 2. The summed E-state index contributed by atoms with van der Waals surface area (Å²) >= 11 is 0. The van der Waals surface area contributed by atoms with Crippen LogP contribution in [-0.4, -0.2) is 30.3 Å². The van der Waals surface area contributed by atoms with E-state index in [-0.39, 0.29) is 41.5 Å². The summed E-state index contributed by atoms with van der Waals surface area (Å²) in [5.74, 6) is -0.508. The fourth-order valence-corrected chi connectivity index (χ4v) is 3.62. The van der Waals surface area contributed by atoms with Gasteiger partial charge in [-0.3, -0.25) is 14.3 Å². The highest BCUT2D eigenvalue weighted by molar-refractivity contribution is 5.77. The predicted molar refractivity (Wildman–Crippen MR) is 118 cm³/mol. The Morgan fingerprint density at radius 3 is 2.47 bits per heavy atom. The number of aliphatic hydroxyl groups is 1. The fraction of sp³-hybridized carbons (Fsp3) is 0.261. The van der Waals surface area contributed by atoms with E-state index in [1.165, 1.54) is 47.9 Å². The standard InChI is InChI=1S/C23H21F3N4O4/c1-12(31)10-30-21-18(22(32)28-23(30)33)29(2)20(27-21)15-7-8-17(16(24)9-15)34-11-13-3-5-14(6-4-13)19(25)26/h3-9,12,19,31H,10-11H2,1-2H3,(H,28,32,33). The van der Waals surface area contributed by atoms with E-state index in [1.54, 1.807) is 13.1 Å². The fourth-order valence-electron chi connectivity index (χ4n) is 3.62. The SMILES string of the molecule is CC(O)Cn1c(=O)[nH]c(=O)c2c1nc(-c1ccc(OCc3ccc(C(F)F)cc3)c(F)c1)n2C. The average molecular weight is 474 g/mol. The summed E-state index contributed by atoms with van der Waals surface area (Å²) in [6.45, 7) is 1.39. The molecule has 34 heavy (non-hydrogen) atoms. The van der Waals surface area contributed by atoms with Crippen LogP contribution >= 0.6 is 0 Å². The number of alkyl halides is 2. The van der Waals surface area contributed by atoms with E-state index in [0.717, 1.165) is 4.57 Å². The van der Waals surface area contributed by atoms with Gasteiger partial charge in [0.15, 0.2) is 22.7 Å². The van der Waals surface area contributed by atoms with Gasteiger partial charge in [0.2, 0.25) is 0 Å². The summed E-state index contributed by atoms with van der Waals surface area (Å²) in [7, 11) is 1.56. The molecule has 0 amide bonds. The van der Waals surface area contributed by atoms with Gasteiger partial charge in [-0.25, -0.2) is 22.9 Å². The minimum Gasteiger partial charge on any atom is -0.486 e. The Balaban J connectivity index is 1.64. The van der Waals surface area contributed by atoms with Crippen LogP contribution in [0.1, 0.15) is 24.5 Å². The molecule has 0 fully saturated rings. The minimum atomic E-state index is -2.57. The van der Waals surface area contributed by atoms with Crippen LogP contribution in [0.15, 0.2) is 52.1 Å². The summed E-state index contributed by atoms with van der Waals surface area (Å²) in [6, 6.07) is 9.66. The lowest BCUT2D eigenvalue weighted by Gasteiger charge is -2.09. The van der Waals surface area contributed by atoms with Gasteiger partial charge in [0, 0.05) is 18.2 Å². The molecule has 2 aromatic carbocycles. The average Bonchev–Trinajstić information content (AvgIpc) is 3.13. The molecular formula is C23H21F3N4O4. The van der Waals surface area contributed by atoms with E-state index >= 15 is 0 Å². The van der Waals surface area contributed by atoms with Crippen LogP contribution in [0.4, 0.5) is 13.2 Å². The Hall–Kier alpha value is -3.86. The zero-order valence-electron chi connectivity index (χ0n) is 18.3. The van der Waals surface area contributed by atoms with Crippen molar-refractivity contribution in [2.75, 3.05) is 0 Å². The van der Waals surface area contributed by atoms with Crippen molar-refractivity contribution >= 4 is 11.2 Å². The Morgan fingerprint density at radius 2 is 1.85 bits per heavy atom. The zero-order valence-corrected chi connectivity index (χ0v) is 18.3. The minimum absolute atomic E-state index is 0.0208. The van der Waals surface area contributed by atoms with E-state index < -0.39 is 29.6 Å². The molecule has 1 unspecified atom stereocenters. The Bertz CT molecular complexity index is 1460. The summed E-state index contributed by atoms with van der Waals surface area (Å²) in [5, 5.41) is 9.71. The van der Waals surface area contributed by atoms with E-state index in [4.69, 9.17) is 4.74 Å². The molecule has 2 heterocycles. The van der Waals surface area contributed by atoms with Gasteiger partial charge in [0.05, 0.1) is 12.6 Å². The predicted octanol–water partition coefficient (Wildman–Crippen LogP) is 3.13. The number of nitrogens with one attached hydrogen (secondary N) is 1. The smallest absolute Gasteiger partial charge is 0.330 e. The third-order valence-electron chi connectivity index (χ3n) is 5.28. The van der Waals surface area contributed by atoms with Crippen molar-refractivity contribution in [3.8, 4) is 17.1 Å². The highest BCUT2D eigenvalue weighted by atomic mass is 19.3. The number of halogens is 3. The first-order chi connectivity index (χ1) is 16.2. The van der Waals surface area contributed by atoms with Crippen LogP contribution in [0.2, 0.25) is 0 Å². The number of rotatable bonds is 7. The maximum Gasteiger partial charge on any atom is 0.330 e. The molecular weight excluding hydrogens is 453 g/mol. The van der Waals surface area contributed by atoms with Crippen LogP contribution < -0.4 is 16.0 Å². The lowest BCUT2D eigenvalue weighted by Crippen LogP contribution is -2.33. The van der Waals surface area contributed by atoms with Gasteiger partial charge < -0.3 is 14.4 Å². The second kappa shape index (κ2) is 9.18. The number of H-pyrrole nitrogens is 1. The lowest BCUT2D eigenvalue weighted by molar-refractivity contribution is 0.151. The third kappa shape index (κ3) is 4.46. The third-order valence-corrected chi connectivity index (χ3v) is 5.28. The molecule has 11 heteroatoms. The van der Waals surface area contributed by atoms with Crippen LogP contribution in [0.3, 0.4) is 0 Å². The highest BCUT2D eigenvalue weighted by Crippen LogP contribution is 2.27. The van der Waals surface area contributed by atoms with Crippen LogP contribution in [0.5, 0.6) is 5.75 Å². The zero-order chi connectivity index (χ0) is 24.6. The number of ether oxygens (including phenoxy) is 1. The van der Waals surface area contributed by atoms with Gasteiger partial charge in [-0.1, -0.05) is 24.3 Å². The van der Waals surface area contributed by atoms with Gasteiger partial charge in [0.1, 0.15) is 12.4 Å². The van der Waals surface area contributed by atoms with Crippen molar-refractivity contribution in [2.45, 2.75) is 32.6 Å². The van der Waals surface area contributed by atoms with E-state index in [9.17, 15) is 27.9 Å². The topological polar surface area (TPSA) is 102 Å². The summed E-state index contributed by atoms with van der Waals surface area (Å²) in [4.78, 5) is 31.2. The van der Waals surface area contributed by atoms with Gasteiger partial charge in [-0.2, -0.15) is 0 Å². The molecule has 0 bridgehead atoms. The number of hydrogen-bond donors (Lipinski definition) is 2. The molecule has 4 rings (SSSR count). The number of fused-ring (bicyclic) bond motifs is 1. The van der Waals surface area contributed by atoms with Gasteiger partial charge >= 0.3 is 5.69 Å². The number of imidazole rings is 1. The van der Waals surface area contributed by atoms with Crippen LogP contribution in [0.25, 0.3) is 22.6 Å². The van der Waals surface area contributed by atoms with Crippen molar-refractivity contribution in [1.82, 2.24) is 19.1 Å². The molecule has 2 N–H and O–H groups in total. The van der Waals surface area contributed by atoms with Crippen LogP contribution in [-0.2, 0) is 20.2 Å². The van der Waals surface area contributed by atoms with Crippen molar-refractivity contribution < 1.29 is 23.0 Å². The molecule has 0 aliphatic carbocycles. The molecule has 0 aliphatic rings. The second-order valence-electron chi connectivity index (χ2n) is 7.86. The highest BCUT2D eigenvalue weighted by Gasteiger charge is 2.19. The molecule has 4 aromatic rings. The number of nitrogens with zero attached hydrogens (tertiary/aromatic N) is 3. The Kier molecular flexibility index (Phi) is 6.29. The van der Waals surface area contributed by atoms with Crippen LogP contribution in [0, 0.1) is 5.82 Å². The molecule has 0 saturated heterocycles. The Labute approximate surface area is 190 Å². The molecule has 178 valence electrons. The second-order valence-corrected chi connectivity index (χ2v) is 7.86. The summed E-state index contributed by atoms with van der Waals surface area (Å²) < 4.78 is 48.2. The first-order valence-corrected chi connectivity index (χ1v) is 10.3. The monoisotopic (exact) mass is 474 g/mol. The van der Waals surface area contributed by atoms with Crippen molar-refractivity contribution in [3.05, 3.63) is 80.2 Å². The summed E-state index contributed by atoms with van der Waals surface area (Å²) in [6.07, 6.45) is -3.43. The lowest BCUT2D eigenvalue weighted by atomic mass is 10.1. The molecule has 0 radical (unpaired) electrons. The van der Waals surface area contributed by atoms with Crippen molar-refractivity contribution in [1.29, 1.82) is 0 Å². The first-order valence-electron chi connectivity index (χ1n) is 10.3.